The Morgan fingerprint density at radius 2 is 2.35 bits per heavy atom. The molecule has 3 N–H and O–H groups in total. The molecule has 3 rings (SSSR count). The minimum atomic E-state index is -0.786. The summed E-state index contributed by atoms with van der Waals surface area (Å²) in [7, 11) is 0. The Balaban J connectivity index is 1.55. The van der Waals surface area contributed by atoms with Crippen molar-refractivity contribution in [3.63, 3.8) is 0 Å². The maximum Gasteiger partial charge on any atom is 0.316 e. The highest BCUT2D eigenvalue weighted by Gasteiger charge is 2.33. The average molecular weight is 295 g/mol. The van der Waals surface area contributed by atoms with Crippen LogP contribution in [0.3, 0.4) is 0 Å². The van der Waals surface area contributed by atoms with Crippen molar-refractivity contribution in [3.8, 4) is 0 Å². The first-order chi connectivity index (χ1) is 9.63. The van der Waals surface area contributed by atoms with Crippen molar-refractivity contribution in [3.05, 3.63) is 17.7 Å². The fourth-order valence-corrected chi connectivity index (χ4v) is 4.04. The van der Waals surface area contributed by atoms with Gasteiger partial charge >= 0.3 is 5.97 Å². The van der Waals surface area contributed by atoms with Gasteiger partial charge in [-0.3, -0.25) is 9.59 Å². The van der Waals surface area contributed by atoms with E-state index in [1.54, 1.807) is 6.33 Å². The number of nitrogens with one attached hydrogen (secondary N) is 2. The van der Waals surface area contributed by atoms with Crippen molar-refractivity contribution in [2.24, 2.45) is 5.92 Å². The first-order valence-electron chi connectivity index (χ1n) is 6.79. The highest BCUT2D eigenvalue weighted by atomic mass is 32.2. The maximum atomic E-state index is 12.3. The van der Waals surface area contributed by atoms with E-state index in [2.05, 4.69) is 15.3 Å². The van der Waals surface area contributed by atoms with Crippen molar-refractivity contribution in [1.29, 1.82) is 0 Å². The Kier molecular flexibility index (Phi) is 3.69. The molecular weight excluding hydrogens is 278 g/mol. The molecule has 108 valence electrons. The summed E-state index contributed by atoms with van der Waals surface area (Å²) < 4.78 is 0. The lowest BCUT2D eigenvalue weighted by molar-refractivity contribution is -0.136. The number of carbonyl (C=O) groups is 2. The van der Waals surface area contributed by atoms with Crippen molar-refractivity contribution < 1.29 is 14.7 Å². The van der Waals surface area contributed by atoms with Gasteiger partial charge in [0, 0.05) is 29.8 Å². The summed E-state index contributed by atoms with van der Waals surface area (Å²) >= 11 is 1.41. The van der Waals surface area contributed by atoms with Gasteiger partial charge in [-0.2, -0.15) is 0 Å². The van der Waals surface area contributed by atoms with E-state index in [0.717, 1.165) is 24.2 Å². The number of thioether (sulfide) groups is 1. The molecule has 0 spiro atoms. The van der Waals surface area contributed by atoms with Gasteiger partial charge < -0.3 is 15.4 Å². The fraction of sp³-hybridized carbons (Fsp3) is 0.615. The molecule has 1 aliphatic carbocycles. The van der Waals surface area contributed by atoms with Crippen LogP contribution >= 0.6 is 11.8 Å². The van der Waals surface area contributed by atoms with Gasteiger partial charge in [0.15, 0.2) is 0 Å². The molecule has 1 aromatic rings. The second-order valence-electron chi connectivity index (χ2n) is 5.37. The molecule has 6 nitrogen and oxygen atoms in total. The number of aliphatic carboxylic acids is 1. The Morgan fingerprint density at radius 1 is 1.50 bits per heavy atom. The van der Waals surface area contributed by atoms with Crippen LogP contribution in [-0.2, 0) is 22.4 Å². The summed E-state index contributed by atoms with van der Waals surface area (Å²) in [6.07, 6.45) is 4.53. The number of hydrogen-bond acceptors (Lipinski definition) is 4. The van der Waals surface area contributed by atoms with Crippen LogP contribution in [0.4, 0.5) is 0 Å². The largest absolute Gasteiger partial charge is 0.480 e. The van der Waals surface area contributed by atoms with E-state index in [4.69, 9.17) is 5.11 Å². The van der Waals surface area contributed by atoms with E-state index in [0.29, 0.717) is 18.6 Å². The maximum absolute atomic E-state index is 12.3. The molecule has 2 aliphatic rings. The van der Waals surface area contributed by atoms with Crippen LogP contribution in [0.5, 0.6) is 0 Å². The summed E-state index contributed by atoms with van der Waals surface area (Å²) in [4.78, 5) is 30.5. The zero-order chi connectivity index (χ0) is 14.1. The van der Waals surface area contributed by atoms with Crippen LogP contribution in [0.25, 0.3) is 0 Å². The van der Waals surface area contributed by atoms with Gasteiger partial charge in [0.05, 0.1) is 12.0 Å². The molecule has 0 bridgehead atoms. The summed E-state index contributed by atoms with van der Waals surface area (Å²) in [6.45, 7) is 0. The molecule has 1 saturated heterocycles. The fourth-order valence-electron chi connectivity index (χ4n) is 2.84. The predicted molar refractivity (Wildman–Crippen MR) is 74.5 cm³/mol. The predicted octanol–water partition coefficient (Wildman–Crippen LogP) is 0.589. The van der Waals surface area contributed by atoms with Crippen molar-refractivity contribution in [2.45, 2.75) is 37.0 Å². The molecule has 1 unspecified atom stereocenters. The smallest absolute Gasteiger partial charge is 0.316 e. The first-order valence-corrected chi connectivity index (χ1v) is 7.84. The Morgan fingerprint density at radius 3 is 3.10 bits per heavy atom. The quantitative estimate of drug-likeness (QED) is 0.758. The molecule has 0 aromatic carbocycles. The summed E-state index contributed by atoms with van der Waals surface area (Å²) in [5, 5.41) is 11.6. The monoisotopic (exact) mass is 295 g/mol. The molecule has 1 amide bonds. The van der Waals surface area contributed by atoms with E-state index >= 15 is 0 Å². The molecule has 0 radical (unpaired) electrons. The normalized spacial score (nSPS) is 28.9. The second kappa shape index (κ2) is 5.47. The number of carbonyl (C=O) groups excluding carboxylic acids is 1. The molecule has 1 aliphatic heterocycles. The Labute approximate surface area is 120 Å². The molecule has 3 atom stereocenters. The van der Waals surface area contributed by atoms with Crippen molar-refractivity contribution in [2.75, 3.05) is 5.75 Å². The number of carboxylic acid groups (broad SMARTS) is 1. The number of carboxylic acids is 1. The van der Waals surface area contributed by atoms with Crippen molar-refractivity contribution in [1.82, 2.24) is 15.3 Å². The Hall–Kier alpha value is -1.50. The van der Waals surface area contributed by atoms with Crippen LogP contribution in [-0.4, -0.2) is 44.0 Å². The van der Waals surface area contributed by atoms with Crippen LogP contribution in [0.2, 0.25) is 0 Å². The third-order valence-electron chi connectivity index (χ3n) is 3.98. The number of nitrogens with zero attached hydrogens (tertiary/aromatic N) is 1. The van der Waals surface area contributed by atoms with E-state index in [9.17, 15) is 9.59 Å². The van der Waals surface area contributed by atoms with E-state index in [1.165, 1.54) is 11.8 Å². The highest BCUT2D eigenvalue weighted by molar-refractivity contribution is 8.00. The van der Waals surface area contributed by atoms with Gasteiger partial charge in [0.2, 0.25) is 5.91 Å². The summed E-state index contributed by atoms with van der Waals surface area (Å²) in [5.74, 6) is -0.0877. The minimum Gasteiger partial charge on any atom is -0.480 e. The first kappa shape index (κ1) is 13.5. The zero-order valence-corrected chi connectivity index (χ0v) is 11.8. The highest BCUT2D eigenvalue weighted by Crippen LogP contribution is 2.28. The third kappa shape index (κ3) is 2.67. The lowest BCUT2D eigenvalue weighted by Crippen LogP contribution is -2.41. The van der Waals surface area contributed by atoms with Crippen molar-refractivity contribution >= 4 is 23.6 Å². The zero-order valence-electron chi connectivity index (χ0n) is 11.0. The molecule has 20 heavy (non-hydrogen) atoms. The molecule has 0 saturated carbocycles. The van der Waals surface area contributed by atoms with Gasteiger partial charge in [-0.05, 0) is 19.3 Å². The molecular formula is C13H17N3O3S. The van der Waals surface area contributed by atoms with E-state index in [-0.39, 0.29) is 23.1 Å². The number of aromatic nitrogens is 2. The number of aromatic amines is 1. The Bertz CT molecular complexity index is 531. The SMILES string of the molecule is O=C(N[C@@H]1CS[C@H](C(=O)O)C1)C1CCc2nc[nH]c2C1. The van der Waals surface area contributed by atoms with Crippen LogP contribution in [0, 0.1) is 5.92 Å². The average Bonchev–Trinajstić information content (AvgIpc) is 3.05. The van der Waals surface area contributed by atoms with Crippen LogP contribution < -0.4 is 5.32 Å². The van der Waals surface area contributed by atoms with E-state index < -0.39 is 5.97 Å². The molecule has 7 heteroatoms. The number of fused-ring (bicyclic) bond motifs is 1. The van der Waals surface area contributed by atoms with E-state index in [1.807, 2.05) is 0 Å². The molecule has 1 aromatic heterocycles. The number of rotatable bonds is 3. The molecule has 1 fully saturated rings. The third-order valence-corrected chi connectivity index (χ3v) is 5.37. The van der Waals surface area contributed by atoms with Crippen LogP contribution in [0.1, 0.15) is 24.2 Å². The number of H-pyrrole nitrogens is 1. The van der Waals surface area contributed by atoms with Gasteiger partial charge in [-0.1, -0.05) is 0 Å². The second-order valence-corrected chi connectivity index (χ2v) is 6.60. The van der Waals surface area contributed by atoms with Gasteiger partial charge in [-0.25, -0.2) is 4.98 Å². The van der Waals surface area contributed by atoms with Gasteiger partial charge in [0.25, 0.3) is 0 Å². The molecule has 2 heterocycles. The standard InChI is InChI=1S/C13H17N3O3S/c17-12(16-8-4-11(13(18)19)20-5-8)7-1-2-9-10(3-7)15-6-14-9/h6-8,11H,1-5H2,(H,14,15)(H,16,17)(H,18,19)/t7?,8-,11-/m0/s1. The number of hydrogen-bond donors (Lipinski definition) is 3. The minimum absolute atomic E-state index is 0.0169. The summed E-state index contributed by atoms with van der Waals surface area (Å²) in [5.41, 5.74) is 2.12. The number of aryl methyl sites for hydroxylation is 1. The van der Waals surface area contributed by atoms with Gasteiger partial charge in [-0.15, -0.1) is 11.8 Å². The topological polar surface area (TPSA) is 95.1 Å². The number of imidazole rings is 1. The summed E-state index contributed by atoms with van der Waals surface area (Å²) in [6, 6.07) is -0.0169. The van der Waals surface area contributed by atoms with Crippen LogP contribution in [0.15, 0.2) is 6.33 Å². The number of amides is 1. The lowest BCUT2D eigenvalue weighted by Gasteiger charge is -2.22. The van der Waals surface area contributed by atoms with Gasteiger partial charge in [0.1, 0.15) is 5.25 Å². The lowest BCUT2D eigenvalue weighted by atomic mass is 9.89.